The van der Waals surface area contributed by atoms with Crippen molar-refractivity contribution in [1.82, 2.24) is 20.0 Å². The van der Waals surface area contributed by atoms with Crippen LogP contribution in [0, 0.1) is 0 Å². The number of likely N-dealkylation sites (N-methyl/N-ethyl adjacent to an activating group) is 1. The van der Waals surface area contributed by atoms with Crippen molar-refractivity contribution in [2.75, 3.05) is 20.6 Å². The zero-order chi connectivity index (χ0) is 19.4. The van der Waals surface area contributed by atoms with Crippen LogP contribution < -0.4 is 10.9 Å². The van der Waals surface area contributed by atoms with Gasteiger partial charge in [-0.15, -0.1) is 0 Å². The van der Waals surface area contributed by atoms with Gasteiger partial charge in [-0.25, -0.2) is 4.68 Å². The number of hydrogen-bond acceptors (Lipinski definition) is 4. The standard InChI is InChI=1S/C21H24N4O2/c1-4-25-21(27)17-13-9-8-12-16(17)19(23-25)20(26)22-14-18(24(2)3)15-10-6-5-7-11-15/h5-13,18H,4,14H2,1-3H3,(H,22,26)/t18-/m0/s1. The van der Waals surface area contributed by atoms with Crippen molar-refractivity contribution in [1.29, 1.82) is 0 Å². The van der Waals surface area contributed by atoms with Gasteiger partial charge in [0.2, 0.25) is 0 Å². The molecule has 1 aromatic heterocycles. The van der Waals surface area contributed by atoms with Crippen LogP contribution >= 0.6 is 0 Å². The van der Waals surface area contributed by atoms with Crippen LogP contribution in [0.5, 0.6) is 0 Å². The molecule has 1 heterocycles. The Morgan fingerprint density at radius 2 is 1.70 bits per heavy atom. The molecule has 3 rings (SSSR count). The lowest BCUT2D eigenvalue weighted by Crippen LogP contribution is -2.36. The normalized spacial score (nSPS) is 12.3. The maximum Gasteiger partial charge on any atom is 0.274 e. The van der Waals surface area contributed by atoms with Gasteiger partial charge in [-0.2, -0.15) is 5.10 Å². The first kappa shape index (κ1) is 18.8. The second-order valence-electron chi connectivity index (χ2n) is 6.62. The molecule has 6 nitrogen and oxygen atoms in total. The molecule has 0 saturated heterocycles. The summed E-state index contributed by atoms with van der Waals surface area (Å²) in [4.78, 5) is 27.4. The monoisotopic (exact) mass is 364 g/mol. The molecule has 1 atom stereocenters. The molecule has 0 aliphatic rings. The topological polar surface area (TPSA) is 67.2 Å². The van der Waals surface area contributed by atoms with Crippen LogP contribution in [0.15, 0.2) is 59.4 Å². The van der Waals surface area contributed by atoms with Gasteiger partial charge in [-0.05, 0) is 32.6 Å². The summed E-state index contributed by atoms with van der Waals surface area (Å²) in [6.45, 7) is 2.69. The van der Waals surface area contributed by atoms with Gasteiger partial charge in [-0.1, -0.05) is 48.5 Å². The Bertz CT molecular complexity index is 996. The van der Waals surface area contributed by atoms with E-state index in [9.17, 15) is 9.59 Å². The van der Waals surface area contributed by atoms with E-state index in [1.54, 1.807) is 18.2 Å². The van der Waals surface area contributed by atoms with Gasteiger partial charge in [0.15, 0.2) is 5.69 Å². The quantitative estimate of drug-likeness (QED) is 0.730. The molecule has 140 valence electrons. The van der Waals surface area contributed by atoms with E-state index in [0.717, 1.165) is 5.56 Å². The number of fused-ring (bicyclic) bond motifs is 1. The third kappa shape index (κ3) is 3.90. The number of aromatic nitrogens is 2. The zero-order valence-corrected chi connectivity index (χ0v) is 15.8. The van der Waals surface area contributed by atoms with Crippen molar-refractivity contribution < 1.29 is 4.79 Å². The van der Waals surface area contributed by atoms with Crippen LogP contribution in [-0.4, -0.2) is 41.2 Å². The van der Waals surface area contributed by atoms with Crippen LogP contribution in [0.2, 0.25) is 0 Å². The van der Waals surface area contributed by atoms with Gasteiger partial charge in [0.1, 0.15) is 0 Å². The van der Waals surface area contributed by atoms with Crippen molar-refractivity contribution in [3.8, 4) is 0 Å². The van der Waals surface area contributed by atoms with Gasteiger partial charge in [-0.3, -0.25) is 9.59 Å². The molecule has 0 saturated carbocycles. The summed E-state index contributed by atoms with van der Waals surface area (Å²) >= 11 is 0. The van der Waals surface area contributed by atoms with E-state index < -0.39 is 0 Å². The predicted molar refractivity (Wildman–Crippen MR) is 107 cm³/mol. The molecule has 0 spiro atoms. The van der Waals surface area contributed by atoms with E-state index in [1.807, 2.05) is 57.4 Å². The van der Waals surface area contributed by atoms with Crippen LogP contribution in [0.1, 0.15) is 29.0 Å². The van der Waals surface area contributed by atoms with E-state index in [0.29, 0.717) is 23.9 Å². The summed E-state index contributed by atoms with van der Waals surface area (Å²) in [5.41, 5.74) is 1.22. The molecular weight excluding hydrogens is 340 g/mol. The lowest BCUT2D eigenvalue weighted by atomic mass is 10.1. The zero-order valence-electron chi connectivity index (χ0n) is 15.8. The van der Waals surface area contributed by atoms with Crippen LogP contribution in [-0.2, 0) is 6.54 Å². The highest BCUT2D eigenvalue weighted by Crippen LogP contribution is 2.18. The van der Waals surface area contributed by atoms with Gasteiger partial charge in [0.25, 0.3) is 11.5 Å². The van der Waals surface area contributed by atoms with E-state index >= 15 is 0 Å². The number of amides is 1. The van der Waals surface area contributed by atoms with E-state index in [1.165, 1.54) is 4.68 Å². The fourth-order valence-electron chi connectivity index (χ4n) is 3.16. The van der Waals surface area contributed by atoms with E-state index in [-0.39, 0.29) is 23.2 Å². The van der Waals surface area contributed by atoms with Crippen molar-refractivity contribution in [3.63, 3.8) is 0 Å². The molecular formula is C21H24N4O2. The van der Waals surface area contributed by atoms with Crippen LogP contribution in [0.3, 0.4) is 0 Å². The number of carbonyl (C=O) groups is 1. The molecule has 0 fully saturated rings. The van der Waals surface area contributed by atoms with Gasteiger partial charge >= 0.3 is 0 Å². The maximum absolute atomic E-state index is 12.9. The molecule has 1 N–H and O–H groups in total. The van der Waals surface area contributed by atoms with Crippen LogP contribution in [0.25, 0.3) is 10.8 Å². The highest BCUT2D eigenvalue weighted by atomic mass is 16.2. The molecule has 0 unspecified atom stereocenters. The minimum Gasteiger partial charge on any atom is -0.349 e. The van der Waals surface area contributed by atoms with E-state index in [4.69, 9.17) is 0 Å². The molecule has 3 aromatic rings. The average molecular weight is 364 g/mol. The Hall–Kier alpha value is -2.99. The molecule has 2 aromatic carbocycles. The summed E-state index contributed by atoms with van der Waals surface area (Å²) in [7, 11) is 3.96. The Kier molecular flexibility index (Phi) is 5.66. The van der Waals surface area contributed by atoms with Gasteiger partial charge < -0.3 is 10.2 Å². The second-order valence-corrected chi connectivity index (χ2v) is 6.62. The molecule has 1 amide bonds. The Balaban J connectivity index is 1.90. The summed E-state index contributed by atoms with van der Waals surface area (Å²) in [6.07, 6.45) is 0. The van der Waals surface area contributed by atoms with Crippen LogP contribution in [0.4, 0.5) is 0 Å². The Labute approximate surface area is 158 Å². The first-order valence-electron chi connectivity index (χ1n) is 9.02. The fraction of sp³-hybridized carbons (Fsp3) is 0.286. The molecule has 0 bridgehead atoms. The lowest BCUT2D eigenvalue weighted by Gasteiger charge is -2.25. The fourth-order valence-corrected chi connectivity index (χ4v) is 3.16. The third-order valence-corrected chi connectivity index (χ3v) is 4.65. The second kappa shape index (κ2) is 8.14. The number of nitrogens with zero attached hydrogens (tertiary/aromatic N) is 3. The molecule has 0 aliphatic heterocycles. The number of nitrogens with one attached hydrogen (secondary N) is 1. The predicted octanol–water partition coefficient (Wildman–Crippen LogP) is 2.45. The minimum atomic E-state index is -0.281. The Morgan fingerprint density at radius 3 is 2.33 bits per heavy atom. The SMILES string of the molecule is CCn1nc(C(=O)NC[C@@H](c2ccccc2)N(C)C)c2ccccc2c1=O. The van der Waals surface area contributed by atoms with Gasteiger partial charge in [0, 0.05) is 18.5 Å². The van der Waals surface area contributed by atoms with Crippen molar-refractivity contribution in [3.05, 3.63) is 76.2 Å². The first-order valence-corrected chi connectivity index (χ1v) is 9.02. The number of aryl methyl sites for hydroxylation is 1. The van der Waals surface area contributed by atoms with Crippen molar-refractivity contribution >= 4 is 16.7 Å². The van der Waals surface area contributed by atoms with Crippen molar-refractivity contribution in [2.24, 2.45) is 0 Å². The molecule has 6 heteroatoms. The minimum absolute atomic E-state index is 0.0403. The molecule has 0 radical (unpaired) electrons. The largest absolute Gasteiger partial charge is 0.349 e. The number of rotatable bonds is 6. The number of benzene rings is 2. The van der Waals surface area contributed by atoms with E-state index in [2.05, 4.69) is 15.3 Å². The Morgan fingerprint density at radius 1 is 1.07 bits per heavy atom. The number of carbonyl (C=O) groups excluding carboxylic acids is 1. The molecule has 0 aliphatic carbocycles. The first-order chi connectivity index (χ1) is 13.0. The highest BCUT2D eigenvalue weighted by molar-refractivity contribution is 6.04. The smallest absolute Gasteiger partial charge is 0.274 e. The van der Waals surface area contributed by atoms with Crippen molar-refractivity contribution in [2.45, 2.75) is 19.5 Å². The summed E-state index contributed by atoms with van der Waals surface area (Å²) in [5.74, 6) is -0.281. The third-order valence-electron chi connectivity index (χ3n) is 4.65. The lowest BCUT2D eigenvalue weighted by molar-refractivity contribution is 0.0936. The summed E-state index contributed by atoms with van der Waals surface area (Å²) in [6, 6.07) is 17.2. The summed E-state index contributed by atoms with van der Waals surface area (Å²) in [5, 5.41) is 8.36. The highest BCUT2D eigenvalue weighted by Gasteiger charge is 2.19. The average Bonchev–Trinajstić information content (AvgIpc) is 2.69. The number of hydrogen-bond donors (Lipinski definition) is 1. The maximum atomic E-state index is 12.9. The van der Waals surface area contributed by atoms with Gasteiger partial charge in [0.05, 0.1) is 11.4 Å². The molecule has 27 heavy (non-hydrogen) atoms. The summed E-state index contributed by atoms with van der Waals surface area (Å²) < 4.78 is 1.33.